The number of hydrogen-bond donors (Lipinski definition) is 3. The van der Waals surface area contributed by atoms with E-state index in [1.807, 2.05) is 6.92 Å². The van der Waals surface area contributed by atoms with Crippen LogP contribution in [0.15, 0.2) is 29.3 Å². The Bertz CT molecular complexity index is 684. The van der Waals surface area contributed by atoms with Gasteiger partial charge in [0.05, 0.1) is 25.4 Å². The van der Waals surface area contributed by atoms with Gasteiger partial charge in [-0.1, -0.05) is 19.1 Å². The summed E-state index contributed by atoms with van der Waals surface area (Å²) in [6, 6.07) is 8.78. The number of ether oxygens (including phenoxy) is 1. The Labute approximate surface area is 211 Å². The van der Waals surface area contributed by atoms with Crippen LogP contribution in [0.2, 0.25) is 0 Å². The molecule has 0 spiro atoms. The molecule has 0 radical (unpaired) electrons. The molecule has 182 valence electrons. The Balaban J connectivity index is 0.00000363. The van der Waals surface area contributed by atoms with Crippen LogP contribution in [0.25, 0.3) is 0 Å². The van der Waals surface area contributed by atoms with E-state index in [1.54, 1.807) is 0 Å². The van der Waals surface area contributed by atoms with Crippen molar-refractivity contribution in [2.75, 3.05) is 63.9 Å². The molecule has 0 saturated carbocycles. The van der Waals surface area contributed by atoms with Crippen molar-refractivity contribution in [3.63, 3.8) is 0 Å². The van der Waals surface area contributed by atoms with Gasteiger partial charge in [0.2, 0.25) is 0 Å². The fourth-order valence-electron chi connectivity index (χ4n) is 4.16. The van der Waals surface area contributed by atoms with Gasteiger partial charge in [0.25, 0.3) is 0 Å². The van der Waals surface area contributed by atoms with Gasteiger partial charge in [-0.05, 0) is 50.3 Å². The second-order valence-electron chi connectivity index (χ2n) is 9.27. The molecule has 0 aliphatic carbocycles. The zero-order valence-corrected chi connectivity index (χ0v) is 22.3. The molecule has 0 bridgehead atoms. The number of nitrogens with zero attached hydrogens (tertiary/aromatic N) is 3. The monoisotopic (exact) mass is 559 g/mol. The molecule has 1 atom stereocenters. The van der Waals surface area contributed by atoms with Crippen LogP contribution >= 0.6 is 24.0 Å². The van der Waals surface area contributed by atoms with Gasteiger partial charge in [-0.15, -0.1) is 24.0 Å². The summed E-state index contributed by atoms with van der Waals surface area (Å²) in [5, 5.41) is 17.4. The zero-order chi connectivity index (χ0) is 22.1. The lowest BCUT2D eigenvalue weighted by Gasteiger charge is -2.34. The molecule has 8 heteroatoms. The van der Waals surface area contributed by atoms with Crippen LogP contribution in [0.3, 0.4) is 0 Å². The summed E-state index contributed by atoms with van der Waals surface area (Å²) in [4.78, 5) is 9.45. The van der Waals surface area contributed by atoms with Crippen LogP contribution in [-0.2, 0) is 11.3 Å². The lowest BCUT2D eigenvalue weighted by Crippen LogP contribution is -2.52. The number of aliphatic imine (C=N–C) groups is 1. The molecule has 0 aromatic heterocycles. The van der Waals surface area contributed by atoms with Crippen molar-refractivity contribution < 1.29 is 9.84 Å². The molecular weight excluding hydrogens is 517 g/mol. The average Bonchev–Trinajstić information content (AvgIpc) is 2.77. The normalized spacial score (nSPS) is 20.4. The van der Waals surface area contributed by atoms with Crippen molar-refractivity contribution >= 4 is 35.6 Å². The van der Waals surface area contributed by atoms with Crippen molar-refractivity contribution in [2.24, 2.45) is 10.9 Å². The second kappa shape index (κ2) is 13.6. The number of rotatable bonds is 8. The predicted octanol–water partition coefficient (Wildman–Crippen LogP) is 2.68. The number of anilines is 1. The van der Waals surface area contributed by atoms with Gasteiger partial charge in [0, 0.05) is 51.5 Å². The molecule has 1 aromatic rings. The van der Waals surface area contributed by atoms with E-state index in [2.05, 4.69) is 58.5 Å². The minimum absolute atomic E-state index is 0. The van der Waals surface area contributed by atoms with Gasteiger partial charge in [0.1, 0.15) is 0 Å². The molecule has 32 heavy (non-hydrogen) atoms. The second-order valence-corrected chi connectivity index (χ2v) is 9.27. The van der Waals surface area contributed by atoms with Crippen LogP contribution in [0.4, 0.5) is 5.69 Å². The Hall–Kier alpha value is -1.10. The molecule has 2 aliphatic rings. The van der Waals surface area contributed by atoms with Crippen LogP contribution < -0.4 is 15.5 Å². The fraction of sp³-hybridized carbons (Fsp3) is 0.708. The average molecular weight is 560 g/mol. The molecule has 1 aromatic carbocycles. The van der Waals surface area contributed by atoms with Crippen LogP contribution in [-0.4, -0.2) is 80.6 Å². The number of aliphatic hydroxyl groups is 1. The number of nitrogens with one attached hydrogen (secondary N) is 2. The molecular formula is C24H42IN5O2. The highest BCUT2D eigenvalue weighted by atomic mass is 127. The summed E-state index contributed by atoms with van der Waals surface area (Å²) in [6.45, 7) is 14.3. The van der Waals surface area contributed by atoms with E-state index in [0.29, 0.717) is 19.6 Å². The first-order chi connectivity index (χ1) is 14.9. The maximum atomic E-state index is 10.8. The fourth-order valence-corrected chi connectivity index (χ4v) is 4.16. The third-order valence-corrected chi connectivity index (χ3v) is 6.15. The van der Waals surface area contributed by atoms with Crippen molar-refractivity contribution in [3.05, 3.63) is 29.8 Å². The van der Waals surface area contributed by atoms with Gasteiger partial charge in [-0.2, -0.15) is 0 Å². The van der Waals surface area contributed by atoms with Gasteiger partial charge < -0.3 is 25.4 Å². The van der Waals surface area contributed by atoms with Crippen molar-refractivity contribution in [3.8, 4) is 0 Å². The smallest absolute Gasteiger partial charge is 0.191 e. The van der Waals surface area contributed by atoms with E-state index >= 15 is 0 Å². The summed E-state index contributed by atoms with van der Waals surface area (Å²) in [5.74, 6) is 1.58. The molecule has 2 aliphatic heterocycles. The van der Waals surface area contributed by atoms with E-state index in [-0.39, 0.29) is 24.0 Å². The SMILES string of the molecule is CCNC(=NCc1ccc(N2CCC(C)CC2)cc1)NCC(C)(O)CN1CCOCC1.I. The molecule has 1 unspecified atom stereocenters. The van der Waals surface area contributed by atoms with Gasteiger partial charge >= 0.3 is 0 Å². The number of halogens is 1. The molecule has 2 saturated heterocycles. The topological polar surface area (TPSA) is 72.4 Å². The van der Waals surface area contributed by atoms with Crippen molar-refractivity contribution in [1.29, 1.82) is 0 Å². The first-order valence-electron chi connectivity index (χ1n) is 11.8. The zero-order valence-electron chi connectivity index (χ0n) is 20.0. The Morgan fingerprint density at radius 1 is 1.12 bits per heavy atom. The maximum absolute atomic E-state index is 10.8. The molecule has 2 fully saturated rings. The van der Waals surface area contributed by atoms with E-state index in [4.69, 9.17) is 9.73 Å². The number of benzene rings is 1. The lowest BCUT2D eigenvalue weighted by atomic mass is 9.99. The van der Waals surface area contributed by atoms with Crippen molar-refractivity contribution in [2.45, 2.75) is 45.8 Å². The Morgan fingerprint density at radius 3 is 2.41 bits per heavy atom. The summed E-state index contributed by atoms with van der Waals surface area (Å²) < 4.78 is 5.39. The van der Waals surface area contributed by atoms with Gasteiger partial charge in [-0.25, -0.2) is 4.99 Å². The molecule has 3 rings (SSSR count). The van der Waals surface area contributed by atoms with E-state index in [1.165, 1.54) is 24.1 Å². The van der Waals surface area contributed by atoms with Crippen LogP contribution in [0.5, 0.6) is 0 Å². The van der Waals surface area contributed by atoms with Crippen molar-refractivity contribution in [1.82, 2.24) is 15.5 Å². The predicted molar refractivity (Wildman–Crippen MR) is 143 cm³/mol. The number of β-amino-alcohol motifs (C(OH)–C–C–N with tert-alkyl or cyclic N) is 1. The highest BCUT2D eigenvalue weighted by molar-refractivity contribution is 14.0. The Kier molecular flexibility index (Phi) is 11.5. The Morgan fingerprint density at radius 2 is 1.78 bits per heavy atom. The maximum Gasteiger partial charge on any atom is 0.191 e. The van der Waals surface area contributed by atoms with Gasteiger partial charge in [0.15, 0.2) is 5.96 Å². The number of hydrogen-bond acceptors (Lipinski definition) is 5. The van der Waals surface area contributed by atoms with E-state index < -0.39 is 5.60 Å². The number of guanidine groups is 1. The third kappa shape index (κ3) is 9.03. The van der Waals surface area contributed by atoms with Gasteiger partial charge in [-0.3, -0.25) is 4.90 Å². The molecule has 3 N–H and O–H groups in total. The minimum Gasteiger partial charge on any atom is -0.387 e. The summed E-state index contributed by atoms with van der Waals surface area (Å²) in [7, 11) is 0. The largest absolute Gasteiger partial charge is 0.387 e. The summed E-state index contributed by atoms with van der Waals surface area (Å²) in [5.41, 5.74) is 1.66. The molecule has 7 nitrogen and oxygen atoms in total. The van der Waals surface area contributed by atoms with Crippen LogP contribution in [0.1, 0.15) is 39.2 Å². The van der Waals surface area contributed by atoms with E-state index in [9.17, 15) is 5.11 Å². The number of piperidine rings is 1. The third-order valence-electron chi connectivity index (χ3n) is 6.15. The minimum atomic E-state index is -0.832. The molecule has 0 amide bonds. The summed E-state index contributed by atoms with van der Waals surface area (Å²) in [6.07, 6.45) is 2.55. The summed E-state index contributed by atoms with van der Waals surface area (Å²) >= 11 is 0. The van der Waals surface area contributed by atoms with Crippen LogP contribution in [0, 0.1) is 5.92 Å². The first kappa shape index (κ1) is 27.1. The number of morpholine rings is 1. The van der Waals surface area contributed by atoms with E-state index in [0.717, 1.165) is 57.8 Å². The molecule has 2 heterocycles. The lowest BCUT2D eigenvalue weighted by molar-refractivity contribution is -0.0201. The highest BCUT2D eigenvalue weighted by Gasteiger charge is 2.25. The first-order valence-corrected chi connectivity index (χ1v) is 11.8. The highest BCUT2D eigenvalue weighted by Crippen LogP contribution is 2.23. The standard InChI is InChI=1S/C24H41N5O2.HI/c1-4-25-23(27-18-24(3,30)19-28-13-15-31-16-14-28)26-17-21-5-7-22(8-6-21)29-11-9-20(2)10-12-29;/h5-8,20,30H,4,9-19H2,1-3H3,(H2,25,26,27);1H. The quantitative estimate of drug-likeness (QED) is 0.259.